The zero-order chi connectivity index (χ0) is 55.6. The Morgan fingerprint density at radius 1 is 0.313 bits per heavy atom. The first-order valence-corrected chi connectivity index (χ1v) is 29.3. The van der Waals surface area contributed by atoms with Crippen molar-refractivity contribution in [1.82, 2.24) is 4.40 Å². The first-order chi connectivity index (χ1) is 40.7. The fourth-order valence-corrected chi connectivity index (χ4v) is 14.6. The third-order valence-electron chi connectivity index (χ3n) is 18.6. The maximum absolute atomic E-state index is 2.76. The van der Waals surface area contributed by atoms with E-state index in [0.29, 0.717) is 0 Å². The lowest BCUT2D eigenvalue weighted by atomic mass is 9.79. The Balaban J connectivity index is 0.848. The Kier molecular flexibility index (Phi) is 11.0. The van der Waals surface area contributed by atoms with Crippen molar-refractivity contribution in [1.29, 1.82) is 0 Å². The molecular formula is C81H60N2. The Morgan fingerprint density at radius 2 is 0.687 bits per heavy atom. The number of anilines is 3. The predicted octanol–water partition coefficient (Wildman–Crippen LogP) is 21.6. The summed E-state index contributed by atoms with van der Waals surface area (Å²) in [4.78, 5) is 2.44. The quantitative estimate of drug-likeness (QED) is 0.124. The van der Waals surface area contributed by atoms with Gasteiger partial charge in [-0.15, -0.1) is 0 Å². The minimum atomic E-state index is -0.362. The van der Waals surface area contributed by atoms with E-state index in [0.717, 1.165) is 17.1 Å². The van der Waals surface area contributed by atoms with Gasteiger partial charge in [-0.1, -0.05) is 270 Å². The molecule has 2 heterocycles. The normalized spacial score (nSPS) is 13.6. The third kappa shape index (κ3) is 7.63. The fraction of sp³-hybridized carbons (Fsp3) is 0.0864. The number of fused-ring (bicyclic) bond motifs is 12. The van der Waals surface area contributed by atoms with Gasteiger partial charge < -0.3 is 9.30 Å². The Bertz CT molecular complexity index is 4600. The average molecular weight is 1060 g/mol. The van der Waals surface area contributed by atoms with Crippen LogP contribution in [-0.4, -0.2) is 4.40 Å². The topological polar surface area (TPSA) is 7.65 Å². The van der Waals surface area contributed by atoms with Gasteiger partial charge in [0.1, 0.15) is 0 Å². The minimum absolute atomic E-state index is 0.0192. The number of rotatable bonds is 10. The molecule has 2 aromatic heterocycles. The second-order valence-corrected chi connectivity index (χ2v) is 24.0. The van der Waals surface area contributed by atoms with E-state index >= 15 is 0 Å². The number of hydrogen-bond acceptors (Lipinski definition) is 1. The summed E-state index contributed by atoms with van der Waals surface area (Å²) in [6, 6.07) is 106. The molecule has 14 aromatic rings. The molecule has 0 amide bonds. The summed E-state index contributed by atoms with van der Waals surface area (Å²) in [5.41, 5.74) is 28.5. The van der Waals surface area contributed by atoms with Gasteiger partial charge in [0.25, 0.3) is 0 Å². The average Bonchev–Trinajstić information content (AvgIpc) is 1.62. The molecule has 0 saturated heterocycles. The highest BCUT2D eigenvalue weighted by atomic mass is 15.1. The van der Waals surface area contributed by atoms with E-state index in [4.69, 9.17) is 0 Å². The highest BCUT2D eigenvalue weighted by Gasteiger charge is 2.48. The predicted molar refractivity (Wildman–Crippen MR) is 349 cm³/mol. The maximum atomic E-state index is 2.76. The third-order valence-corrected chi connectivity index (χ3v) is 18.6. The van der Waals surface area contributed by atoms with E-state index in [1.165, 1.54) is 133 Å². The molecule has 0 aliphatic heterocycles. The van der Waals surface area contributed by atoms with E-state index in [2.05, 4.69) is 322 Å². The van der Waals surface area contributed by atoms with E-state index in [1.54, 1.807) is 0 Å². The zero-order valence-corrected chi connectivity index (χ0v) is 47.1. The molecule has 2 heteroatoms. The van der Waals surface area contributed by atoms with Crippen molar-refractivity contribution in [3.05, 3.63) is 324 Å². The van der Waals surface area contributed by atoms with Crippen molar-refractivity contribution in [3.63, 3.8) is 0 Å². The molecule has 0 radical (unpaired) electrons. The molecule has 0 saturated carbocycles. The van der Waals surface area contributed by atoms with Gasteiger partial charge in [0.15, 0.2) is 0 Å². The molecule has 2 nitrogen and oxygen atoms in total. The minimum Gasteiger partial charge on any atom is -0.314 e. The lowest BCUT2D eigenvalue weighted by molar-refractivity contribution is 0.587. The second kappa shape index (κ2) is 18.8. The Morgan fingerprint density at radius 3 is 1.18 bits per heavy atom. The van der Waals surface area contributed by atoms with Gasteiger partial charge in [-0.3, -0.25) is 0 Å². The van der Waals surface area contributed by atoms with Crippen LogP contribution in [0, 0.1) is 0 Å². The van der Waals surface area contributed by atoms with Crippen LogP contribution in [0.5, 0.6) is 0 Å². The van der Waals surface area contributed by atoms with Crippen LogP contribution in [0.3, 0.4) is 0 Å². The molecule has 16 rings (SSSR count). The van der Waals surface area contributed by atoms with Gasteiger partial charge in [0.05, 0.1) is 5.52 Å². The fourth-order valence-electron chi connectivity index (χ4n) is 14.6. The highest BCUT2D eigenvalue weighted by molar-refractivity contribution is 6.26. The summed E-state index contributed by atoms with van der Waals surface area (Å²) in [5, 5.41) is 5.28. The monoisotopic (exact) mass is 1060 g/mol. The first kappa shape index (κ1) is 48.8. The van der Waals surface area contributed by atoms with E-state index in [-0.39, 0.29) is 16.7 Å². The lowest BCUT2D eigenvalue weighted by Gasteiger charge is -2.29. The molecule has 0 spiro atoms. The van der Waals surface area contributed by atoms with Gasteiger partial charge in [-0.2, -0.15) is 0 Å². The van der Waals surface area contributed by atoms with E-state index < -0.39 is 0 Å². The van der Waals surface area contributed by atoms with Crippen LogP contribution in [0.25, 0.3) is 93.8 Å². The Labute approximate surface area is 486 Å². The van der Waals surface area contributed by atoms with Crippen LogP contribution >= 0.6 is 0 Å². The molecule has 0 unspecified atom stereocenters. The summed E-state index contributed by atoms with van der Waals surface area (Å²) in [7, 11) is 0. The maximum Gasteiger partial charge on any atom is 0.0621 e. The molecule has 0 N–H and O–H groups in total. The Hall–Kier alpha value is -10.0. The first-order valence-electron chi connectivity index (χ1n) is 29.3. The van der Waals surface area contributed by atoms with E-state index in [1.807, 2.05) is 0 Å². The van der Waals surface area contributed by atoms with Gasteiger partial charge in [-0.05, 0) is 137 Å². The number of aromatic nitrogens is 1. The number of hydrogen-bond donors (Lipinski definition) is 0. The molecular weight excluding hydrogens is 1000 g/mol. The van der Waals surface area contributed by atoms with Gasteiger partial charge in [0.2, 0.25) is 0 Å². The van der Waals surface area contributed by atoms with Gasteiger partial charge >= 0.3 is 0 Å². The largest absolute Gasteiger partial charge is 0.314 e. The van der Waals surface area contributed by atoms with E-state index in [9.17, 15) is 0 Å². The van der Waals surface area contributed by atoms with Crippen molar-refractivity contribution in [3.8, 4) is 66.8 Å². The molecule has 83 heavy (non-hydrogen) atoms. The summed E-state index contributed by atoms with van der Waals surface area (Å²) in [6.07, 6.45) is 0. The van der Waals surface area contributed by atoms with Crippen LogP contribution in [-0.2, 0) is 10.8 Å². The lowest BCUT2D eigenvalue weighted by Crippen LogP contribution is -2.23. The van der Waals surface area contributed by atoms with Crippen molar-refractivity contribution in [2.75, 3.05) is 4.90 Å². The molecule has 12 aromatic carbocycles. The van der Waals surface area contributed by atoms with Crippen molar-refractivity contribution in [2.24, 2.45) is 0 Å². The molecule has 0 atom stereocenters. The van der Waals surface area contributed by atoms with Gasteiger partial charge in [0, 0.05) is 67.1 Å². The highest BCUT2D eigenvalue weighted by Crippen LogP contribution is 2.62. The summed E-state index contributed by atoms with van der Waals surface area (Å²) >= 11 is 0. The summed E-state index contributed by atoms with van der Waals surface area (Å²) < 4.78 is 2.76. The van der Waals surface area contributed by atoms with Crippen LogP contribution < -0.4 is 4.90 Å². The number of benzene rings is 12. The summed E-state index contributed by atoms with van der Waals surface area (Å²) in [6.45, 7) is 9.91. The van der Waals surface area contributed by atoms with Crippen molar-refractivity contribution >= 4 is 44.1 Å². The SMILES string of the molecule is CC1(C)c2cc(C(c3ccc(-c4ccccc4)cc3)c3ccc(-c4ccccc4)cc3)ccc2-c2c1n1c3c(c4c5ccccc5cc2c41)-c1ccc(N(c2ccc(-c4ccccc4)cc2)c2ccc(-c4ccccc4)cc2)cc1C3(C)C. The summed E-state index contributed by atoms with van der Waals surface area (Å²) in [5.74, 6) is 0.0192. The van der Waals surface area contributed by atoms with Crippen LogP contribution in [0.4, 0.5) is 17.1 Å². The van der Waals surface area contributed by atoms with Crippen molar-refractivity contribution < 1.29 is 0 Å². The van der Waals surface area contributed by atoms with Gasteiger partial charge in [-0.25, -0.2) is 0 Å². The second-order valence-electron chi connectivity index (χ2n) is 24.0. The molecule has 2 aliphatic carbocycles. The standard InChI is InChI=1S/C81H60N2/c1-80(2)71-50-63(73(60-33-29-56(30-34-60)52-19-9-5-10-20-52)61-35-31-57(32-36-61)53-21-11-6-12-22-53)41-47-68(71)74-70-49-62-27-17-18-28-67(62)75-76-69-48-46-66(51-72(69)81(3,4)79(76)83(77(70)75)78(74)80)82(64-42-37-58(38-43-64)54-23-13-7-14-24-54)65-44-39-59(40-45-65)55-25-15-8-16-26-55/h5-51,73H,1-4H3. The zero-order valence-electron chi connectivity index (χ0n) is 47.1. The van der Waals surface area contributed by atoms with Crippen LogP contribution in [0.1, 0.15) is 72.8 Å². The molecule has 2 aliphatic rings. The van der Waals surface area contributed by atoms with Crippen molar-refractivity contribution in [2.45, 2.75) is 44.4 Å². The molecule has 0 fully saturated rings. The van der Waals surface area contributed by atoms with Crippen LogP contribution in [0.2, 0.25) is 0 Å². The molecule has 394 valence electrons. The number of nitrogens with zero attached hydrogens (tertiary/aromatic N) is 2. The molecule has 0 bridgehead atoms. The smallest absolute Gasteiger partial charge is 0.0621 e. The van der Waals surface area contributed by atoms with Crippen LogP contribution in [0.15, 0.2) is 285 Å².